The van der Waals surface area contributed by atoms with Crippen LogP contribution in [0.25, 0.3) is 10.9 Å². The lowest BCUT2D eigenvalue weighted by atomic mass is 10.1. The summed E-state index contributed by atoms with van der Waals surface area (Å²) in [5.41, 5.74) is 2.16. The zero-order valence-electron chi connectivity index (χ0n) is 14.7. The third-order valence-corrected chi connectivity index (χ3v) is 6.60. The number of para-hydroxylation sites is 1. The lowest BCUT2D eigenvalue weighted by Gasteiger charge is -2.23. The van der Waals surface area contributed by atoms with Gasteiger partial charge in [-0.25, -0.2) is 8.42 Å². The van der Waals surface area contributed by atoms with E-state index in [0.717, 1.165) is 16.5 Å². The molecule has 8 heteroatoms. The highest BCUT2D eigenvalue weighted by Gasteiger charge is 2.33. The number of aromatic nitrogens is 1. The first-order chi connectivity index (χ1) is 12.4. The molecule has 0 spiro atoms. The van der Waals surface area contributed by atoms with E-state index in [9.17, 15) is 18.0 Å². The van der Waals surface area contributed by atoms with Gasteiger partial charge in [-0.1, -0.05) is 18.2 Å². The number of aromatic amines is 1. The number of amides is 2. The molecule has 0 bridgehead atoms. The monoisotopic (exact) mass is 377 g/mol. The Labute approximate surface area is 152 Å². The first kappa shape index (κ1) is 18.4. The van der Waals surface area contributed by atoms with Gasteiger partial charge in [0.15, 0.2) is 9.84 Å². The Hall–Kier alpha value is -2.35. The topological polar surface area (TPSA) is 99.3 Å². The zero-order chi connectivity index (χ0) is 18.7. The van der Waals surface area contributed by atoms with Crippen LogP contribution in [0.5, 0.6) is 0 Å². The van der Waals surface area contributed by atoms with E-state index in [-0.39, 0.29) is 35.8 Å². The lowest BCUT2D eigenvalue weighted by molar-refractivity contribution is -0.136. The van der Waals surface area contributed by atoms with Gasteiger partial charge in [0, 0.05) is 36.7 Å². The average molecular weight is 377 g/mol. The Morgan fingerprint density at radius 2 is 2.08 bits per heavy atom. The summed E-state index contributed by atoms with van der Waals surface area (Å²) in [6.07, 6.45) is 2.77. The predicted molar refractivity (Wildman–Crippen MR) is 99.5 cm³/mol. The summed E-state index contributed by atoms with van der Waals surface area (Å²) < 4.78 is 23.0. The zero-order valence-corrected chi connectivity index (χ0v) is 15.5. The van der Waals surface area contributed by atoms with E-state index in [1.54, 1.807) is 7.05 Å². The van der Waals surface area contributed by atoms with Crippen LogP contribution in [0.3, 0.4) is 0 Å². The van der Waals surface area contributed by atoms with Gasteiger partial charge in [0.05, 0.1) is 11.5 Å². The molecular weight excluding hydrogens is 354 g/mol. The van der Waals surface area contributed by atoms with Crippen molar-refractivity contribution in [2.45, 2.75) is 25.3 Å². The summed E-state index contributed by atoms with van der Waals surface area (Å²) in [7, 11) is -1.49. The van der Waals surface area contributed by atoms with Crippen molar-refractivity contribution in [3.63, 3.8) is 0 Å². The molecule has 1 aliphatic rings. The van der Waals surface area contributed by atoms with Crippen LogP contribution < -0.4 is 5.32 Å². The molecular formula is C18H23N3O4S. The lowest BCUT2D eigenvalue weighted by Crippen LogP contribution is -2.40. The second kappa shape index (κ2) is 7.49. The highest BCUT2D eigenvalue weighted by Crippen LogP contribution is 2.18. The number of rotatable bonds is 6. The van der Waals surface area contributed by atoms with Crippen LogP contribution in [0, 0.1) is 0 Å². The largest absolute Gasteiger partial charge is 0.361 e. The van der Waals surface area contributed by atoms with Gasteiger partial charge in [-0.3, -0.25) is 9.59 Å². The molecule has 140 valence electrons. The fourth-order valence-electron chi connectivity index (χ4n) is 3.28. The van der Waals surface area contributed by atoms with Crippen molar-refractivity contribution in [3.8, 4) is 0 Å². The van der Waals surface area contributed by atoms with Crippen molar-refractivity contribution in [1.29, 1.82) is 0 Å². The molecule has 1 aromatic heterocycles. The number of sulfone groups is 1. The Kier molecular flexibility index (Phi) is 5.31. The van der Waals surface area contributed by atoms with E-state index in [1.807, 2.05) is 30.5 Å². The minimum atomic E-state index is -3.06. The molecule has 2 amide bonds. The van der Waals surface area contributed by atoms with Crippen molar-refractivity contribution in [1.82, 2.24) is 15.2 Å². The van der Waals surface area contributed by atoms with Crippen LogP contribution in [-0.2, 0) is 25.8 Å². The average Bonchev–Trinajstić information content (AvgIpc) is 3.17. The van der Waals surface area contributed by atoms with Crippen molar-refractivity contribution in [2.75, 3.05) is 25.1 Å². The third kappa shape index (κ3) is 4.24. The van der Waals surface area contributed by atoms with E-state index in [4.69, 9.17) is 0 Å². The number of benzene rings is 1. The summed E-state index contributed by atoms with van der Waals surface area (Å²) in [6, 6.07) is 7.62. The fourth-order valence-corrected chi connectivity index (χ4v) is 5.06. The number of nitrogens with zero attached hydrogens (tertiary/aromatic N) is 1. The Morgan fingerprint density at radius 3 is 2.81 bits per heavy atom. The van der Waals surface area contributed by atoms with Crippen LogP contribution in [0.1, 0.15) is 18.4 Å². The number of fused-ring (bicyclic) bond motifs is 1. The van der Waals surface area contributed by atoms with E-state index in [1.165, 1.54) is 4.90 Å². The molecule has 1 atom stereocenters. The molecule has 2 N–H and O–H groups in total. The predicted octanol–water partition coefficient (Wildman–Crippen LogP) is 0.862. The third-order valence-electron chi connectivity index (χ3n) is 4.85. The first-order valence-electron chi connectivity index (χ1n) is 8.63. The summed E-state index contributed by atoms with van der Waals surface area (Å²) >= 11 is 0. The number of hydrogen-bond donors (Lipinski definition) is 2. The SMILES string of the molecule is CN(C(=O)CC(=O)NCCc1c[nH]c2ccccc12)C1CCS(=O)(=O)C1. The number of carbonyl (C=O) groups excluding carboxylic acids is 2. The summed E-state index contributed by atoms with van der Waals surface area (Å²) in [6.45, 7) is 0.440. The second-order valence-electron chi connectivity index (χ2n) is 6.70. The van der Waals surface area contributed by atoms with Gasteiger partial charge in [-0.15, -0.1) is 0 Å². The molecule has 0 radical (unpaired) electrons. The Morgan fingerprint density at radius 1 is 1.31 bits per heavy atom. The van der Waals surface area contributed by atoms with Crippen LogP contribution >= 0.6 is 0 Å². The molecule has 7 nitrogen and oxygen atoms in total. The van der Waals surface area contributed by atoms with Gasteiger partial charge in [-0.05, 0) is 24.5 Å². The van der Waals surface area contributed by atoms with Crippen LogP contribution in [0.15, 0.2) is 30.5 Å². The molecule has 1 fully saturated rings. The number of nitrogens with one attached hydrogen (secondary N) is 2. The minimum absolute atomic E-state index is 0.0164. The van der Waals surface area contributed by atoms with E-state index >= 15 is 0 Å². The first-order valence-corrected chi connectivity index (χ1v) is 10.5. The standard InChI is InChI=1S/C18H23N3O4S/c1-21(14-7-9-26(24,25)12-14)18(23)10-17(22)19-8-6-13-11-20-16-5-3-2-4-15(13)16/h2-5,11,14,20H,6-10,12H2,1H3,(H,19,22). The molecule has 0 saturated carbocycles. The van der Waals surface area contributed by atoms with Crippen LogP contribution in [0.2, 0.25) is 0 Å². The van der Waals surface area contributed by atoms with Gasteiger partial charge < -0.3 is 15.2 Å². The van der Waals surface area contributed by atoms with E-state index < -0.39 is 9.84 Å². The van der Waals surface area contributed by atoms with Crippen molar-refractivity contribution < 1.29 is 18.0 Å². The molecule has 2 aromatic rings. The number of hydrogen-bond acceptors (Lipinski definition) is 4. The summed E-state index contributed by atoms with van der Waals surface area (Å²) in [5.74, 6) is -0.608. The number of H-pyrrole nitrogens is 1. The maximum absolute atomic E-state index is 12.2. The quantitative estimate of drug-likeness (QED) is 0.730. The molecule has 1 unspecified atom stereocenters. The molecule has 0 aliphatic carbocycles. The van der Waals surface area contributed by atoms with E-state index in [0.29, 0.717) is 19.4 Å². The Balaban J connectivity index is 1.46. The maximum atomic E-state index is 12.2. The highest BCUT2D eigenvalue weighted by atomic mass is 32.2. The molecule has 1 aromatic carbocycles. The summed E-state index contributed by atoms with van der Waals surface area (Å²) in [4.78, 5) is 28.8. The van der Waals surface area contributed by atoms with Crippen molar-refractivity contribution in [2.24, 2.45) is 0 Å². The van der Waals surface area contributed by atoms with Gasteiger partial charge in [0.1, 0.15) is 6.42 Å². The normalized spacial score (nSPS) is 18.7. The molecule has 3 rings (SSSR count). The van der Waals surface area contributed by atoms with Gasteiger partial charge >= 0.3 is 0 Å². The number of carbonyl (C=O) groups is 2. The fraction of sp³-hybridized carbons (Fsp3) is 0.444. The molecule has 1 aliphatic heterocycles. The Bertz CT molecular complexity index is 919. The second-order valence-corrected chi connectivity index (χ2v) is 8.93. The molecule has 1 saturated heterocycles. The van der Waals surface area contributed by atoms with Crippen LogP contribution in [-0.4, -0.2) is 61.3 Å². The van der Waals surface area contributed by atoms with Crippen molar-refractivity contribution >= 4 is 32.6 Å². The van der Waals surface area contributed by atoms with Gasteiger partial charge in [0.25, 0.3) is 0 Å². The molecule has 26 heavy (non-hydrogen) atoms. The summed E-state index contributed by atoms with van der Waals surface area (Å²) in [5, 5.41) is 3.88. The maximum Gasteiger partial charge on any atom is 0.232 e. The van der Waals surface area contributed by atoms with Crippen LogP contribution in [0.4, 0.5) is 0 Å². The van der Waals surface area contributed by atoms with Gasteiger partial charge in [0.2, 0.25) is 11.8 Å². The van der Waals surface area contributed by atoms with E-state index in [2.05, 4.69) is 10.3 Å². The minimum Gasteiger partial charge on any atom is -0.361 e. The van der Waals surface area contributed by atoms with Gasteiger partial charge in [-0.2, -0.15) is 0 Å². The highest BCUT2D eigenvalue weighted by molar-refractivity contribution is 7.91. The van der Waals surface area contributed by atoms with Crippen molar-refractivity contribution in [3.05, 3.63) is 36.0 Å². The smallest absolute Gasteiger partial charge is 0.232 e. The molecule has 2 heterocycles.